The molecular weight excluding hydrogens is 232 g/mol. The van der Waals surface area contributed by atoms with Gasteiger partial charge in [0.25, 0.3) is 0 Å². The van der Waals surface area contributed by atoms with Gasteiger partial charge in [0.2, 0.25) is 0 Å². The standard InChI is InChI=1S/C18H32O/c1-15(2,3)13-10-11-18(19,17(7,8)9)12-14(13)16(4,5)6/h10-11,19H,12H2,1-9H3. The summed E-state index contributed by atoms with van der Waals surface area (Å²) in [5, 5.41) is 11.0. The van der Waals surface area contributed by atoms with Gasteiger partial charge < -0.3 is 5.11 Å². The van der Waals surface area contributed by atoms with Crippen molar-refractivity contribution < 1.29 is 5.11 Å². The molecule has 0 saturated carbocycles. The number of rotatable bonds is 0. The molecule has 0 amide bonds. The van der Waals surface area contributed by atoms with Gasteiger partial charge in [0.1, 0.15) is 0 Å². The highest BCUT2D eigenvalue weighted by molar-refractivity contribution is 5.41. The van der Waals surface area contributed by atoms with Gasteiger partial charge in [0.15, 0.2) is 0 Å². The third-order valence-electron chi connectivity index (χ3n) is 4.31. The normalized spacial score (nSPS) is 26.0. The van der Waals surface area contributed by atoms with Crippen LogP contribution < -0.4 is 0 Å². The molecule has 0 aromatic heterocycles. The van der Waals surface area contributed by atoms with Crippen molar-refractivity contribution in [3.05, 3.63) is 23.3 Å². The highest BCUT2D eigenvalue weighted by Crippen LogP contribution is 2.48. The fourth-order valence-corrected chi connectivity index (χ4v) is 2.63. The minimum absolute atomic E-state index is 0.0899. The summed E-state index contributed by atoms with van der Waals surface area (Å²) in [6, 6.07) is 0. The highest BCUT2D eigenvalue weighted by atomic mass is 16.3. The molecule has 19 heavy (non-hydrogen) atoms. The summed E-state index contributed by atoms with van der Waals surface area (Å²) in [5.41, 5.74) is 2.09. The van der Waals surface area contributed by atoms with Crippen molar-refractivity contribution in [1.82, 2.24) is 0 Å². The van der Waals surface area contributed by atoms with E-state index in [1.54, 1.807) is 0 Å². The lowest BCUT2D eigenvalue weighted by molar-refractivity contribution is -0.0183. The smallest absolute Gasteiger partial charge is 0.0916 e. The second-order valence-corrected chi connectivity index (χ2v) is 9.08. The summed E-state index contributed by atoms with van der Waals surface area (Å²) in [5.74, 6) is 0. The largest absolute Gasteiger partial charge is 0.385 e. The quantitative estimate of drug-likeness (QED) is 0.644. The predicted octanol–water partition coefficient (Wildman–Crippen LogP) is 5.11. The topological polar surface area (TPSA) is 20.2 Å². The van der Waals surface area contributed by atoms with E-state index in [1.807, 2.05) is 6.08 Å². The van der Waals surface area contributed by atoms with Gasteiger partial charge in [0.05, 0.1) is 5.60 Å². The van der Waals surface area contributed by atoms with Crippen molar-refractivity contribution in [3.63, 3.8) is 0 Å². The Morgan fingerprint density at radius 2 is 1.37 bits per heavy atom. The maximum atomic E-state index is 11.0. The third-order valence-corrected chi connectivity index (χ3v) is 4.31. The van der Waals surface area contributed by atoms with E-state index in [-0.39, 0.29) is 16.2 Å². The zero-order valence-corrected chi connectivity index (χ0v) is 14.3. The van der Waals surface area contributed by atoms with Crippen molar-refractivity contribution in [2.24, 2.45) is 16.2 Å². The Hall–Kier alpha value is -0.560. The van der Waals surface area contributed by atoms with E-state index >= 15 is 0 Å². The van der Waals surface area contributed by atoms with Crippen molar-refractivity contribution in [1.29, 1.82) is 0 Å². The zero-order valence-electron chi connectivity index (χ0n) is 14.3. The van der Waals surface area contributed by atoms with Crippen LogP contribution in [-0.4, -0.2) is 10.7 Å². The Balaban J connectivity index is 3.37. The first kappa shape index (κ1) is 16.5. The maximum Gasteiger partial charge on any atom is 0.0916 e. The number of hydrogen-bond acceptors (Lipinski definition) is 1. The van der Waals surface area contributed by atoms with Crippen LogP contribution in [0.4, 0.5) is 0 Å². The SMILES string of the molecule is CC(C)(C)C1=C(C(C)(C)C)CC(O)(C(C)(C)C)C=C1. The lowest BCUT2D eigenvalue weighted by Gasteiger charge is -2.45. The molecule has 1 unspecified atom stereocenters. The molecule has 1 nitrogen and oxygen atoms in total. The molecule has 0 aromatic carbocycles. The zero-order chi connectivity index (χ0) is 15.3. The fourth-order valence-electron chi connectivity index (χ4n) is 2.63. The van der Waals surface area contributed by atoms with Crippen LogP contribution in [-0.2, 0) is 0 Å². The van der Waals surface area contributed by atoms with Crippen LogP contribution in [0.5, 0.6) is 0 Å². The highest BCUT2D eigenvalue weighted by Gasteiger charge is 2.43. The fraction of sp³-hybridized carbons (Fsp3) is 0.778. The van der Waals surface area contributed by atoms with Gasteiger partial charge in [-0.05, 0) is 21.8 Å². The van der Waals surface area contributed by atoms with Gasteiger partial charge in [0, 0.05) is 6.42 Å². The van der Waals surface area contributed by atoms with E-state index in [1.165, 1.54) is 11.1 Å². The molecule has 110 valence electrons. The van der Waals surface area contributed by atoms with E-state index in [0.717, 1.165) is 6.42 Å². The third kappa shape index (κ3) is 3.31. The summed E-state index contributed by atoms with van der Waals surface area (Å²) >= 11 is 0. The molecule has 1 N–H and O–H groups in total. The number of aliphatic hydroxyl groups is 1. The van der Waals surface area contributed by atoms with Gasteiger partial charge in [-0.25, -0.2) is 0 Å². The molecule has 0 spiro atoms. The number of allylic oxidation sites excluding steroid dienone is 2. The average Bonchev–Trinajstić information content (AvgIpc) is 2.12. The summed E-state index contributed by atoms with van der Waals surface area (Å²) in [7, 11) is 0. The molecule has 0 saturated heterocycles. The molecule has 1 rings (SSSR count). The minimum atomic E-state index is -0.746. The Morgan fingerprint density at radius 3 is 1.68 bits per heavy atom. The van der Waals surface area contributed by atoms with E-state index in [2.05, 4.69) is 68.4 Å². The predicted molar refractivity (Wildman–Crippen MR) is 84.1 cm³/mol. The van der Waals surface area contributed by atoms with Crippen molar-refractivity contribution in [2.45, 2.75) is 74.3 Å². The molecule has 1 aliphatic carbocycles. The molecule has 1 heteroatoms. The summed E-state index contributed by atoms with van der Waals surface area (Å²) in [6.07, 6.45) is 4.92. The second-order valence-electron chi connectivity index (χ2n) is 9.08. The molecule has 0 heterocycles. The molecule has 1 aliphatic rings. The molecule has 0 bridgehead atoms. The van der Waals surface area contributed by atoms with Crippen LogP contribution in [0.1, 0.15) is 68.7 Å². The molecule has 0 aromatic rings. The minimum Gasteiger partial charge on any atom is -0.385 e. The van der Waals surface area contributed by atoms with E-state index in [4.69, 9.17) is 0 Å². The molecular formula is C18H32O. The molecule has 0 radical (unpaired) electrons. The van der Waals surface area contributed by atoms with E-state index < -0.39 is 5.60 Å². The first-order valence-corrected chi connectivity index (χ1v) is 7.34. The Labute approximate surface area is 119 Å². The van der Waals surface area contributed by atoms with Crippen LogP contribution in [0, 0.1) is 16.2 Å². The Kier molecular flexibility index (Phi) is 3.89. The van der Waals surface area contributed by atoms with Gasteiger partial charge in [-0.1, -0.05) is 80.0 Å². The first-order chi connectivity index (χ1) is 8.18. The van der Waals surface area contributed by atoms with Crippen LogP contribution in [0.15, 0.2) is 23.3 Å². The van der Waals surface area contributed by atoms with Crippen LogP contribution in [0.2, 0.25) is 0 Å². The summed E-state index contributed by atoms with van der Waals surface area (Å²) < 4.78 is 0. The first-order valence-electron chi connectivity index (χ1n) is 7.34. The van der Waals surface area contributed by atoms with Gasteiger partial charge >= 0.3 is 0 Å². The van der Waals surface area contributed by atoms with Crippen LogP contribution >= 0.6 is 0 Å². The molecule has 1 atom stereocenters. The van der Waals surface area contributed by atoms with Crippen LogP contribution in [0.3, 0.4) is 0 Å². The summed E-state index contributed by atoms with van der Waals surface area (Å²) in [6.45, 7) is 19.8. The Morgan fingerprint density at radius 1 is 0.895 bits per heavy atom. The lowest BCUT2D eigenvalue weighted by atomic mass is 9.63. The van der Waals surface area contributed by atoms with E-state index in [0.29, 0.717) is 0 Å². The maximum absolute atomic E-state index is 11.0. The monoisotopic (exact) mass is 264 g/mol. The van der Waals surface area contributed by atoms with Gasteiger partial charge in [-0.2, -0.15) is 0 Å². The van der Waals surface area contributed by atoms with Crippen molar-refractivity contribution in [2.75, 3.05) is 0 Å². The van der Waals surface area contributed by atoms with Crippen LogP contribution in [0.25, 0.3) is 0 Å². The lowest BCUT2D eigenvalue weighted by Crippen LogP contribution is -2.44. The van der Waals surface area contributed by atoms with Crippen molar-refractivity contribution >= 4 is 0 Å². The van der Waals surface area contributed by atoms with Gasteiger partial charge in [-0.3, -0.25) is 0 Å². The Bertz CT molecular complexity index is 404. The molecule has 0 fully saturated rings. The number of hydrogen-bond donors (Lipinski definition) is 1. The van der Waals surface area contributed by atoms with Gasteiger partial charge in [-0.15, -0.1) is 0 Å². The second kappa shape index (κ2) is 4.48. The average molecular weight is 264 g/mol. The molecule has 0 aliphatic heterocycles. The van der Waals surface area contributed by atoms with E-state index in [9.17, 15) is 5.11 Å². The van der Waals surface area contributed by atoms with Crippen molar-refractivity contribution in [3.8, 4) is 0 Å². The summed E-state index contributed by atoms with van der Waals surface area (Å²) in [4.78, 5) is 0.